The van der Waals surface area contributed by atoms with Crippen molar-refractivity contribution in [2.45, 2.75) is 57.4 Å². The van der Waals surface area contributed by atoms with Crippen LogP contribution in [0, 0.1) is 0 Å². The second-order valence-corrected chi connectivity index (χ2v) is 8.01. The lowest BCUT2D eigenvalue weighted by Crippen LogP contribution is -2.28. The summed E-state index contributed by atoms with van der Waals surface area (Å²) in [6, 6.07) is 3.48. The van der Waals surface area contributed by atoms with E-state index < -0.39 is 12.2 Å². The van der Waals surface area contributed by atoms with Crippen LogP contribution >= 0.6 is 23.2 Å². The molecule has 2 atom stereocenters. The van der Waals surface area contributed by atoms with Crippen LogP contribution in [0.15, 0.2) is 12.1 Å². The van der Waals surface area contributed by atoms with Crippen molar-refractivity contribution >= 4 is 40.2 Å². The van der Waals surface area contributed by atoms with E-state index in [1.165, 1.54) is 0 Å². The van der Waals surface area contributed by atoms with Crippen LogP contribution < -0.4 is 5.32 Å². The molecule has 126 valence electrons. The number of halogens is 2. The molecule has 0 spiro atoms. The van der Waals surface area contributed by atoms with Gasteiger partial charge in [-0.25, -0.2) is 4.98 Å². The molecular formula is C16H21Cl2N3O2. The van der Waals surface area contributed by atoms with Crippen LogP contribution in [0.3, 0.4) is 0 Å². The van der Waals surface area contributed by atoms with Gasteiger partial charge in [0.2, 0.25) is 5.95 Å². The fraction of sp³-hybridized carbons (Fsp3) is 0.562. The zero-order valence-corrected chi connectivity index (χ0v) is 14.9. The topological polar surface area (TPSA) is 70.3 Å². The zero-order valence-electron chi connectivity index (χ0n) is 13.3. The number of hydrogen-bond donors (Lipinski definition) is 3. The molecule has 5 nitrogen and oxygen atoms in total. The van der Waals surface area contributed by atoms with Crippen molar-refractivity contribution in [3.05, 3.63) is 22.2 Å². The predicted octanol–water partition coefficient (Wildman–Crippen LogP) is 3.61. The molecule has 2 unspecified atom stereocenters. The summed E-state index contributed by atoms with van der Waals surface area (Å²) in [6.07, 6.45) is -0.484. The van der Waals surface area contributed by atoms with Crippen LogP contribution in [-0.2, 0) is 0 Å². The number of nitrogens with one attached hydrogen (secondary N) is 1. The fourth-order valence-electron chi connectivity index (χ4n) is 3.06. The smallest absolute Gasteiger partial charge is 0.204 e. The molecule has 0 bridgehead atoms. The maximum absolute atomic E-state index is 9.91. The quantitative estimate of drug-likeness (QED) is 0.767. The van der Waals surface area contributed by atoms with Crippen molar-refractivity contribution in [1.82, 2.24) is 9.55 Å². The van der Waals surface area contributed by atoms with Gasteiger partial charge in [0, 0.05) is 11.6 Å². The van der Waals surface area contributed by atoms with E-state index in [0.29, 0.717) is 28.8 Å². The van der Waals surface area contributed by atoms with Gasteiger partial charge in [0.25, 0.3) is 0 Å². The molecule has 0 saturated heterocycles. The number of benzene rings is 1. The van der Waals surface area contributed by atoms with E-state index >= 15 is 0 Å². The monoisotopic (exact) mass is 357 g/mol. The molecule has 1 aromatic heterocycles. The van der Waals surface area contributed by atoms with Gasteiger partial charge in [-0.1, -0.05) is 23.2 Å². The number of aliphatic hydroxyl groups excluding tert-OH is 2. The standard InChI is InChI=1S/C16H21Cl2N3O2/c1-16(2,3)20-15-19-11-6-9(17)10(18)7-12(11)21(15)8-4-13(22)14(23)5-8/h6-8,13-14,22-23H,4-5H2,1-3H3,(H,19,20). The lowest BCUT2D eigenvalue weighted by Gasteiger charge is -2.24. The third-order valence-electron chi connectivity index (χ3n) is 4.05. The largest absolute Gasteiger partial charge is 0.390 e. The number of fused-ring (bicyclic) bond motifs is 1. The zero-order chi connectivity index (χ0) is 16.9. The first-order valence-corrected chi connectivity index (χ1v) is 8.42. The maximum atomic E-state index is 9.91. The number of hydrogen-bond acceptors (Lipinski definition) is 4. The van der Waals surface area contributed by atoms with Crippen molar-refractivity contribution in [2.24, 2.45) is 0 Å². The summed E-state index contributed by atoms with van der Waals surface area (Å²) < 4.78 is 2.02. The molecule has 1 aliphatic rings. The van der Waals surface area contributed by atoms with Crippen LogP contribution in [0.25, 0.3) is 11.0 Å². The van der Waals surface area contributed by atoms with Gasteiger partial charge in [-0.05, 0) is 45.7 Å². The third-order valence-corrected chi connectivity index (χ3v) is 4.78. The molecule has 0 amide bonds. The Bertz CT molecular complexity index is 729. The first-order chi connectivity index (χ1) is 10.7. The number of aliphatic hydroxyl groups is 2. The average molecular weight is 358 g/mol. The fourth-order valence-corrected chi connectivity index (χ4v) is 3.38. The minimum absolute atomic E-state index is 0.0490. The summed E-state index contributed by atoms with van der Waals surface area (Å²) in [4.78, 5) is 4.64. The Kier molecular flexibility index (Phi) is 4.25. The molecule has 0 aliphatic heterocycles. The molecule has 23 heavy (non-hydrogen) atoms. The summed E-state index contributed by atoms with van der Waals surface area (Å²) in [5.41, 5.74) is 1.40. The van der Waals surface area contributed by atoms with E-state index in [0.717, 1.165) is 11.0 Å². The van der Waals surface area contributed by atoms with E-state index in [1.807, 2.05) is 4.57 Å². The SMILES string of the molecule is CC(C)(C)Nc1nc2cc(Cl)c(Cl)cc2n1C1CC(O)C(O)C1. The van der Waals surface area contributed by atoms with E-state index in [2.05, 4.69) is 31.1 Å². The number of nitrogens with zero attached hydrogens (tertiary/aromatic N) is 2. The summed E-state index contributed by atoms with van der Waals surface area (Å²) in [5.74, 6) is 0.692. The van der Waals surface area contributed by atoms with Crippen LogP contribution in [-0.4, -0.2) is 37.5 Å². The number of imidazole rings is 1. The molecule has 0 radical (unpaired) electrons. The Morgan fingerprint density at radius 1 is 1.13 bits per heavy atom. The van der Waals surface area contributed by atoms with E-state index in [-0.39, 0.29) is 11.6 Å². The number of rotatable bonds is 2. The normalized spacial score (nSPS) is 25.3. The second-order valence-electron chi connectivity index (χ2n) is 7.20. The molecule has 1 fully saturated rings. The minimum atomic E-state index is -0.720. The number of anilines is 1. The highest BCUT2D eigenvalue weighted by Gasteiger charge is 2.35. The van der Waals surface area contributed by atoms with Crippen LogP contribution in [0.5, 0.6) is 0 Å². The average Bonchev–Trinajstić information content (AvgIpc) is 2.89. The Hall–Kier alpha value is -1.01. The van der Waals surface area contributed by atoms with Gasteiger partial charge in [-0.15, -0.1) is 0 Å². The third kappa shape index (κ3) is 3.29. The van der Waals surface area contributed by atoms with Gasteiger partial charge in [-0.3, -0.25) is 0 Å². The van der Waals surface area contributed by atoms with Gasteiger partial charge in [0.15, 0.2) is 0 Å². The molecule has 3 N–H and O–H groups in total. The van der Waals surface area contributed by atoms with Gasteiger partial charge >= 0.3 is 0 Å². The highest BCUT2D eigenvalue weighted by molar-refractivity contribution is 6.42. The van der Waals surface area contributed by atoms with Crippen LogP contribution in [0.2, 0.25) is 10.0 Å². The molecule has 1 heterocycles. The molecule has 2 aromatic rings. The van der Waals surface area contributed by atoms with Crippen molar-refractivity contribution in [2.75, 3.05) is 5.32 Å². The molecule has 3 rings (SSSR count). The molecule has 1 aliphatic carbocycles. The molecular weight excluding hydrogens is 337 g/mol. The van der Waals surface area contributed by atoms with Crippen LogP contribution in [0.1, 0.15) is 39.7 Å². The molecule has 1 aromatic carbocycles. The maximum Gasteiger partial charge on any atom is 0.204 e. The summed E-state index contributed by atoms with van der Waals surface area (Å²) in [6.45, 7) is 6.15. The van der Waals surface area contributed by atoms with Gasteiger partial charge in [0.05, 0.1) is 33.3 Å². The lowest BCUT2D eigenvalue weighted by atomic mass is 10.1. The minimum Gasteiger partial charge on any atom is -0.390 e. The Balaban J connectivity index is 2.15. The second kappa shape index (κ2) is 5.81. The first-order valence-electron chi connectivity index (χ1n) is 7.67. The lowest BCUT2D eigenvalue weighted by molar-refractivity contribution is 0.0438. The summed E-state index contributed by atoms with van der Waals surface area (Å²) in [7, 11) is 0. The van der Waals surface area contributed by atoms with Gasteiger partial charge < -0.3 is 20.1 Å². The highest BCUT2D eigenvalue weighted by Crippen LogP contribution is 2.38. The Labute approximate surface area is 145 Å². The molecule has 1 saturated carbocycles. The first kappa shape index (κ1) is 16.8. The summed E-state index contributed by atoms with van der Waals surface area (Å²) >= 11 is 12.3. The van der Waals surface area contributed by atoms with Crippen molar-refractivity contribution < 1.29 is 10.2 Å². The van der Waals surface area contributed by atoms with Crippen LogP contribution in [0.4, 0.5) is 5.95 Å². The highest BCUT2D eigenvalue weighted by atomic mass is 35.5. The Morgan fingerprint density at radius 2 is 1.70 bits per heavy atom. The predicted molar refractivity (Wildman–Crippen MR) is 93.4 cm³/mol. The van der Waals surface area contributed by atoms with E-state index in [1.54, 1.807) is 12.1 Å². The van der Waals surface area contributed by atoms with Crippen molar-refractivity contribution in [1.29, 1.82) is 0 Å². The number of aromatic nitrogens is 2. The van der Waals surface area contributed by atoms with Crippen molar-refractivity contribution in [3.63, 3.8) is 0 Å². The van der Waals surface area contributed by atoms with Gasteiger partial charge in [0.1, 0.15) is 0 Å². The van der Waals surface area contributed by atoms with Gasteiger partial charge in [-0.2, -0.15) is 0 Å². The Morgan fingerprint density at radius 3 is 2.26 bits per heavy atom. The van der Waals surface area contributed by atoms with E-state index in [4.69, 9.17) is 23.2 Å². The summed E-state index contributed by atoms with van der Waals surface area (Å²) in [5, 5.41) is 24.1. The molecule has 7 heteroatoms. The van der Waals surface area contributed by atoms with E-state index in [9.17, 15) is 10.2 Å². The van der Waals surface area contributed by atoms with Crippen molar-refractivity contribution in [3.8, 4) is 0 Å².